The fourth-order valence-electron chi connectivity index (χ4n) is 2.59. The molecule has 0 aromatic carbocycles. The highest BCUT2D eigenvalue weighted by atomic mass is 32.1. The topological polar surface area (TPSA) is 104 Å². The van der Waals surface area contributed by atoms with Crippen LogP contribution < -0.4 is 4.90 Å². The third-order valence-corrected chi connectivity index (χ3v) is 4.87. The molecule has 116 valence electrons. The summed E-state index contributed by atoms with van der Waals surface area (Å²) in [5.41, 5.74) is 0.724. The van der Waals surface area contributed by atoms with Crippen LogP contribution in [0.3, 0.4) is 0 Å². The second-order valence-corrected chi connectivity index (χ2v) is 6.28. The number of aromatic nitrogens is 4. The predicted molar refractivity (Wildman–Crippen MR) is 79.0 cm³/mol. The first-order valence-corrected chi connectivity index (χ1v) is 8.04. The quantitative estimate of drug-likeness (QED) is 0.864. The van der Waals surface area contributed by atoms with Crippen LogP contribution in [0.15, 0.2) is 5.38 Å². The van der Waals surface area contributed by atoms with Crippen molar-refractivity contribution in [3.63, 3.8) is 0 Å². The SMILES string of the molecule is O=C(O)[C@@H]1C[C@H]1c1nc(-c2csc(N3CCOCC3)n2)n[nH]1. The lowest BCUT2D eigenvalue weighted by atomic mass is 10.3. The number of aliphatic carboxylic acids is 1. The van der Waals surface area contributed by atoms with Crippen molar-refractivity contribution in [3.05, 3.63) is 11.2 Å². The highest BCUT2D eigenvalue weighted by Crippen LogP contribution is 2.46. The second kappa shape index (κ2) is 5.33. The van der Waals surface area contributed by atoms with Crippen molar-refractivity contribution in [2.75, 3.05) is 31.2 Å². The summed E-state index contributed by atoms with van der Waals surface area (Å²) in [6.45, 7) is 3.12. The van der Waals surface area contributed by atoms with Crippen LogP contribution in [0.25, 0.3) is 11.5 Å². The van der Waals surface area contributed by atoms with Crippen LogP contribution in [0.2, 0.25) is 0 Å². The molecule has 2 atom stereocenters. The Labute approximate surface area is 130 Å². The summed E-state index contributed by atoms with van der Waals surface area (Å²) in [6, 6.07) is 0. The molecule has 2 N–H and O–H groups in total. The van der Waals surface area contributed by atoms with Gasteiger partial charge in [-0.3, -0.25) is 9.89 Å². The summed E-state index contributed by atoms with van der Waals surface area (Å²) >= 11 is 1.56. The minimum Gasteiger partial charge on any atom is -0.481 e. The zero-order chi connectivity index (χ0) is 15.1. The molecule has 0 amide bonds. The van der Waals surface area contributed by atoms with Crippen molar-refractivity contribution in [1.82, 2.24) is 20.2 Å². The predicted octanol–water partition coefficient (Wildman–Crippen LogP) is 0.953. The molecular formula is C13H15N5O3S. The number of nitrogens with one attached hydrogen (secondary N) is 1. The molecule has 4 rings (SSSR count). The number of carboxylic acids is 1. The van der Waals surface area contributed by atoms with Crippen LogP contribution in [0.5, 0.6) is 0 Å². The van der Waals surface area contributed by atoms with Gasteiger partial charge in [0.25, 0.3) is 0 Å². The Kier molecular flexibility index (Phi) is 3.30. The Hall–Kier alpha value is -2.00. The van der Waals surface area contributed by atoms with Crippen molar-refractivity contribution >= 4 is 22.4 Å². The summed E-state index contributed by atoms with van der Waals surface area (Å²) in [5.74, 6) is 0.0209. The molecule has 1 aliphatic carbocycles. The number of ether oxygens (including phenoxy) is 1. The number of nitrogens with zero attached hydrogens (tertiary/aromatic N) is 4. The van der Waals surface area contributed by atoms with E-state index in [0.29, 0.717) is 18.1 Å². The van der Waals surface area contributed by atoms with E-state index in [9.17, 15) is 4.79 Å². The summed E-state index contributed by atoms with van der Waals surface area (Å²) in [5, 5.41) is 18.9. The number of hydrogen-bond donors (Lipinski definition) is 2. The van der Waals surface area contributed by atoms with Crippen LogP contribution in [0.1, 0.15) is 18.2 Å². The molecule has 2 aliphatic rings. The van der Waals surface area contributed by atoms with Gasteiger partial charge in [0.1, 0.15) is 11.5 Å². The van der Waals surface area contributed by atoms with Crippen molar-refractivity contribution < 1.29 is 14.6 Å². The molecule has 2 fully saturated rings. The van der Waals surface area contributed by atoms with E-state index in [4.69, 9.17) is 9.84 Å². The lowest BCUT2D eigenvalue weighted by Crippen LogP contribution is -2.36. The number of thiazole rings is 1. The fraction of sp³-hybridized carbons (Fsp3) is 0.538. The average molecular weight is 321 g/mol. The molecule has 1 aliphatic heterocycles. The largest absolute Gasteiger partial charge is 0.481 e. The van der Waals surface area contributed by atoms with Gasteiger partial charge in [-0.1, -0.05) is 0 Å². The maximum atomic E-state index is 10.9. The zero-order valence-electron chi connectivity index (χ0n) is 11.7. The standard InChI is InChI=1S/C13H15N5O3S/c19-12(20)8-5-7(8)10-15-11(17-16-10)9-6-22-13(14-9)18-1-3-21-4-2-18/h6-8H,1-5H2,(H,19,20)(H,15,16,17)/t7-,8-/m1/s1. The van der Waals surface area contributed by atoms with Gasteiger partial charge in [0, 0.05) is 24.4 Å². The Morgan fingerprint density at radius 3 is 2.95 bits per heavy atom. The van der Waals surface area contributed by atoms with Crippen LogP contribution >= 0.6 is 11.3 Å². The van der Waals surface area contributed by atoms with Crippen molar-refractivity contribution in [3.8, 4) is 11.5 Å². The maximum Gasteiger partial charge on any atom is 0.307 e. The third kappa shape index (κ3) is 2.46. The average Bonchev–Trinajstić information content (AvgIpc) is 2.98. The van der Waals surface area contributed by atoms with E-state index < -0.39 is 5.97 Å². The molecule has 2 aromatic rings. The first-order chi connectivity index (χ1) is 10.7. The smallest absolute Gasteiger partial charge is 0.307 e. The van der Waals surface area contributed by atoms with Crippen LogP contribution in [-0.2, 0) is 9.53 Å². The van der Waals surface area contributed by atoms with Gasteiger partial charge in [-0.05, 0) is 6.42 Å². The van der Waals surface area contributed by atoms with Crippen molar-refractivity contribution in [2.24, 2.45) is 5.92 Å². The van der Waals surface area contributed by atoms with Gasteiger partial charge in [0.15, 0.2) is 5.13 Å². The highest BCUT2D eigenvalue weighted by molar-refractivity contribution is 7.14. The molecule has 1 saturated carbocycles. The van der Waals surface area contributed by atoms with Crippen molar-refractivity contribution in [1.29, 1.82) is 0 Å². The van der Waals surface area contributed by atoms with E-state index in [1.54, 1.807) is 11.3 Å². The van der Waals surface area contributed by atoms with Gasteiger partial charge in [-0.15, -0.1) is 11.3 Å². The lowest BCUT2D eigenvalue weighted by Gasteiger charge is -2.25. The number of carbonyl (C=O) groups is 1. The summed E-state index contributed by atoms with van der Waals surface area (Å²) in [4.78, 5) is 22.1. The Morgan fingerprint density at radius 1 is 1.41 bits per heavy atom. The zero-order valence-corrected chi connectivity index (χ0v) is 12.5. The van der Waals surface area contributed by atoms with Gasteiger partial charge in [0.2, 0.25) is 5.82 Å². The molecule has 2 aromatic heterocycles. The Morgan fingerprint density at radius 2 is 2.23 bits per heavy atom. The fourth-order valence-corrected chi connectivity index (χ4v) is 3.45. The van der Waals surface area contributed by atoms with E-state index in [0.717, 1.165) is 37.1 Å². The molecule has 9 heteroatoms. The number of carboxylic acid groups (broad SMARTS) is 1. The first kappa shape index (κ1) is 13.6. The number of H-pyrrole nitrogens is 1. The number of aromatic amines is 1. The molecule has 0 bridgehead atoms. The molecule has 1 saturated heterocycles. The molecule has 22 heavy (non-hydrogen) atoms. The van der Waals surface area contributed by atoms with E-state index in [2.05, 4.69) is 25.1 Å². The summed E-state index contributed by atoms with van der Waals surface area (Å²) in [7, 11) is 0. The number of anilines is 1. The van der Waals surface area contributed by atoms with Gasteiger partial charge >= 0.3 is 5.97 Å². The lowest BCUT2D eigenvalue weighted by molar-refractivity contribution is -0.138. The number of morpholine rings is 1. The normalized spacial score (nSPS) is 24.5. The van der Waals surface area contributed by atoms with Crippen LogP contribution in [0, 0.1) is 5.92 Å². The summed E-state index contributed by atoms with van der Waals surface area (Å²) in [6.07, 6.45) is 0.625. The minimum atomic E-state index is -0.772. The van der Waals surface area contributed by atoms with E-state index in [1.807, 2.05) is 5.38 Å². The molecule has 0 unspecified atom stereocenters. The van der Waals surface area contributed by atoms with E-state index >= 15 is 0 Å². The molecular weight excluding hydrogens is 306 g/mol. The molecule has 0 spiro atoms. The summed E-state index contributed by atoms with van der Waals surface area (Å²) < 4.78 is 5.34. The Bertz CT molecular complexity index is 693. The number of hydrogen-bond acceptors (Lipinski definition) is 7. The van der Waals surface area contributed by atoms with Crippen molar-refractivity contribution in [2.45, 2.75) is 12.3 Å². The van der Waals surface area contributed by atoms with Gasteiger partial charge in [-0.25, -0.2) is 9.97 Å². The van der Waals surface area contributed by atoms with E-state index in [-0.39, 0.29) is 11.8 Å². The molecule has 3 heterocycles. The van der Waals surface area contributed by atoms with Crippen LogP contribution in [0.4, 0.5) is 5.13 Å². The van der Waals surface area contributed by atoms with Gasteiger partial charge in [0.05, 0.1) is 19.1 Å². The van der Waals surface area contributed by atoms with Gasteiger partial charge < -0.3 is 14.7 Å². The van der Waals surface area contributed by atoms with Gasteiger partial charge in [-0.2, -0.15) is 5.10 Å². The highest BCUT2D eigenvalue weighted by Gasteiger charge is 2.46. The first-order valence-electron chi connectivity index (χ1n) is 7.16. The third-order valence-electron chi connectivity index (χ3n) is 3.96. The second-order valence-electron chi connectivity index (χ2n) is 5.45. The Balaban J connectivity index is 1.50. The monoisotopic (exact) mass is 321 g/mol. The van der Waals surface area contributed by atoms with E-state index in [1.165, 1.54) is 0 Å². The van der Waals surface area contributed by atoms with Crippen LogP contribution in [-0.4, -0.2) is 57.5 Å². The molecule has 0 radical (unpaired) electrons. The molecule has 8 nitrogen and oxygen atoms in total. The number of rotatable bonds is 4. The minimum absolute atomic E-state index is 0.0453. The maximum absolute atomic E-state index is 10.9.